The summed E-state index contributed by atoms with van der Waals surface area (Å²) >= 11 is 3.51. The molecule has 0 saturated carbocycles. The van der Waals surface area contributed by atoms with Crippen LogP contribution in [0.15, 0.2) is 34.9 Å². The Morgan fingerprint density at radius 1 is 1.21 bits per heavy atom. The van der Waals surface area contributed by atoms with Crippen molar-refractivity contribution >= 4 is 26.8 Å². The fraction of sp³-hybridized carbons (Fsp3) is 0.250. The molecule has 1 aromatic heterocycles. The summed E-state index contributed by atoms with van der Waals surface area (Å²) < 4.78 is 0.964. The highest BCUT2D eigenvalue weighted by Crippen LogP contribution is 2.26. The molecule has 0 aliphatic rings. The molecule has 2 rings (SSSR count). The summed E-state index contributed by atoms with van der Waals surface area (Å²) in [6.45, 7) is 4.35. The number of hydrogen-bond acceptors (Lipinski definition) is 1. The van der Waals surface area contributed by atoms with Crippen LogP contribution in [0.1, 0.15) is 25.3 Å². The monoisotopic (exact) mass is 249 g/mol. The lowest BCUT2D eigenvalue weighted by molar-refractivity contribution is 0.854. The van der Waals surface area contributed by atoms with Crippen molar-refractivity contribution in [3.05, 3.63) is 40.5 Å². The summed E-state index contributed by atoms with van der Waals surface area (Å²) in [4.78, 5) is 4.51. The van der Waals surface area contributed by atoms with Crippen LogP contribution in [-0.4, -0.2) is 4.98 Å². The van der Waals surface area contributed by atoms with Gasteiger partial charge in [0.2, 0.25) is 0 Å². The van der Waals surface area contributed by atoms with Gasteiger partial charge in [0.25, 0.3) is 0 Å². The van der Waals surface area contributed by atoms with Crippen molar-refractivity contribution in [2.45, 2.75) is 19.8 Å². The molecule has 14 heavy (non-hydrogen) atoms. The largest absolute Gasteiger partial charge is 0.241 e. The third-order valence-corrected chi connectivity index (χ3v) is 2.96. The standard InChI is InChI=1S/C12H12BrN/c1-8(2)10-7-9-5-3-4-6-11(9)14-12(10)13/h3-8H,1-2H3. The Bertz CT molecular complexity index is 463. The van der Waals surface area contributed by atoms with Gasteiger partial charge in [-0.15, -0.1) is 0 Å². The lowest BCUT2D eigenvalue weighted by Crippen LogP contribution is -1.92. The van der Waals surface area contributed by atoms with Gasteiger partial charge in [-0.05, 0) is 39.5 Å². The van der Waals surface area contributed by atoms with E-state index in [9.17, 15) is 0 Å². The molecule has 0 N–H and O–H groups in total. The van der Waals surface area contributed by atoms with E-state index in [4.69, 9.17) is 0 Å². The minimum atomic E-state index is 0.501. The Hall–Kier alpha value is -0.890. The van der Waals surface area contributed by atoms with Crippen LogP contribution in [0.5, 0.6) is 0 Å². The highest BCUT2D eigenvalue weighted by Gasteiger charge is 2.07. The zero-order chi connectivity index (χ0) is 10.1. The number of hydrogen-bond donors (Lipinski definition) is 0. The van der Waals surface area contributed by atoms with E-state index in [-0.39, 0.29) is 0 Å². The molecule has 2 heteroatoms. The van der Waals surface area contributed by atoms with Crippen molar-refractivity contribution in [1.82, 2.24) is 4.98 Å². The highest BCUT2D eigenvalue weighted by molar-refractivity contribution is 9.10. The predicted octanol–water partition coefficient (Wildman–Crippen LogP) is 4.12. The SMILES string of the molecule is CC(C)c1cc2ccccc2nc1Br. The van der Waals surface area contributed by atoms with E-state index in [1.54, 1.807) is 0 Å². The van der Waals surface area contributed by atoms with E-state index in [1.165, 1.54) is 10.9 Å². The van der Waals surface area contributed by atoms with Crippen LogP contribution in [0, 0.1) is 0 Å². The van der Waals surface area contributed by atoms with Gasteiger partial charge in [0.1, 0.15) is 4.60 Å². The second-order valence-electron chi connectivity index (χ2n) is 3.72. The predicted molar refractivity (Wildman–Crippen MR) is 63.5 cm³/mol. The maximum atomic E-state index is 4.51. The van der Waals surface area contributed by atoms with E-state index in [0.29, 0.717) is 5.92 Å². The number of fused-ring (bicyclic) bond motifs is 1. The molecule has 0 unspecified atom stereocenters. The van der Waals surface area contributed by atoms with Crippen molar-refractivity contribution in [2.24, 2.45) is 0 Å². The zero-order valence-corrected chi connectivity index (χ0v) is 9.88. The first kappa shape index (κ1) is 9.66. The van der Waals surface area contributed by atoms with E-state index in [1.807, 2.05) is 18.2 Å². The second kappa shape index (κ2) is 3.70. The number of halogens is 1. The van der Waals surface area contributed by atoms with Crippen LogP contribution in [0.3, 0.4) is 0 Å². The molecule has 0 saturated heterocycles. The lowest BCUT2D eigenvalue weighted by Gasteiger charge is -2.08. The number of benzene rings is 1. The maximum absolute atomic E-state index is 4.51. The van der Waals surface area contributed by atoms with Gasteiger partial charge < -0.3 is 0 Å². The molecule has 72 valence electrons. The number of rotatable bonds is 1. The minimum absolute atomic E-state index is 0.501. The van der Waals surface area contributed by atoms with E-state index < -0.39 is 0 Å². The minimum Gasteiger partial charge on any atom is -0.241 e. The molecule has 1 aromatic carbocycles. The summed E-state index contributed by atoms with van der Waals surface area (Å²) in [5.74, 6) is 0.501. The van der Waals surface area contributed by atoms with E-state index in [2.05, 4.69) is 46.9 Å². The molecule has 1 nitrogen and oxygen atoms in total. The first-order chi connectivity index (χ1) is 6.68. The molecule has 2 aromatic rings. The molecule has 0 amide bonds. The number of pyridine rings is 1. The normalized spacial score (nSPS) is 11.1. The van der Waals surface area contributed by atoms with Gasteiger partial charge in [0, 0.05) is 5.39 Å². The van der Waals surface area contributed by atoms with Crippen LogP contribution in [0.25, 0.3) is 10.9 Å². The summed E-state index contributed by atoms with van der Waals surface area (Å²) in [6.07, 6.45) is 0. The molecule has 0 fully saturated rings. The van der Waals surface area contributed by atoms with Crippen molar-refractivity contribution in [3.8, 4) is 0 Å². The van der Waals surface area contributed by atoms with Crippen LogP contribution in [0.4, 0.5) is 0 Å². The third-order valence-electron chi connectivity index (χ3n) is 2.33. The van der Waals surface area contributed by atoms with Crippen molar-refractivity contribution in [1.29, 1.82) is 0 Å². The van der Waals surface area contributed by atoms with Gasteiger partial charge in [-0.1, -0.05) is 32.0 Å². The lowest BCUT2D eigenvalue weighted by atomic mass is 10.0. The van der Waals surface area contributed by atoms with Gasteiger partial charge in [0.15, 0.2) is 0 Å². The van der Waals surface area contributed by atoms with E-state index in [0.717, 1.165) is 10.1 Å². The molecule has 0 bridgehead atoms. The topological polar surface area (TPSA) is 12.9 Å². The van der Waals surface area contributed by atoms with Crippen molar-refractivity contribution < 1.29 is 0 Å². The fourth-order valence-corrected chi connectivity index (χ4v) is 2.28. The number of aromatic nitrogens is 1. The number of para-hydroxylation sites is 1. The summed E-state index contributed by atoms with van der Waals surface area (Å²) in [7, 11) is 0. The van der Waals surface area contributed by atoms with Gasteiger partial charge in [0.05, 0.1) is 5.52 Å². The van der Waals surface area contributed by atoms with Crippen LogP contribution in [-0.2, 0) is 0 Å². The Morgan fingerprint density at radius 3 is 2.64 bits per heavy atom. The van der Waals surface area contributed by atoms with Crippen LogP contribution >= 0.6 is 15.9 Å². The molecular weight excluding hydrogens is 238 g/mol. The third kappa shape index (κ3) is 1.67. The van der Waals surface area contributed by atoms with Crippen LogP contribution < -0.4 is 0 Å². The first-order valence-corrected chi connectivity index (χ1v) is 5.53. The zero-order valence-electron chi connectivity index (χ0n) is 8.29. The van der Waals surface area contributed by atoms with E-state index >= 15 is 0 Å². The average Bonchev–Trinajstić information content (AvgIpc) is 2.16. The number of nitrogens with zero attached hydrogens (tertiary/aromatic N) is 1. The fourth-order valence-electron chi connectivity index (χ4n) is 1.51. The maximum Gasteiger partial charge on any atom is 0.110 e. The Kier molecular flexibility index (Phi) is 2.55. The average molecular weight is 250 g/mol. The molecule has 0 atom stereocenters. The van der Waals surface area contributed by atoms with Crippen molar-refractivity contribution in [2.75, 3.05) is 0 Å². The Morgan fingerprint density at radius 2 is 1.93 bits per heavy atom. The second-order valence-corrected chi connectivity index (χ2v) is 4.47. The molecule has 0 aliphatic carbocycles. The van der Waals surface area contributed by atoms with Crippen molar-refractivity contribution in [3.63, 3.8) is 0 Å². The molecular formula is C12H12BrN. The molecule has 0 spiro atoms. The summed E-state index contributed by atoms with van der Waals surface area (Å²) in [5, 5.41) is 1.21. The van der Waals surface area contributed by atoms with Crippen LogP contribution in [0.2, 0.25) is 0 Å². The summed E-state index contributed by atoms with van der Waals surface area (Å²) in [6, 6.07) is 10.4. The molecule has 0 aliphatic heterocycles. The van der Waals surface area contributed by atoms with Gasteiger partial charge in [-0.25, -0.2) is 4.98 Å². The molecule has 0 radical (unpaired) electrons. The summed E-state index contributed by atoms with van der Waals surface area (Å²) in [5.41, 5.74) is 2.31. The molecule has 1 heterocycles. The smallest absolute Gasteiger partial charge is 0.110 e. The first-order valence-electron chi connectivity index (χ1n) is 4.73. The quantitative estimate of drug-likeness (QED) is 0.693. The van der Waals surface area contributed by atoms with Gasteiger partial charge in [-0.3, -0.25) is 0 Å². The Balaban J connectivity index is 2.71. The van der Waals surface area contributed by atoms with Gasteiger partial charge in [-0.2, -0.15) is 0 Å². The Labute approximate surface area is 92.3 Å². The van der Waals surface area contributed by atoms with Gasteiger partial charge >= 0.3 is 0 Å². The highest BCUT2D eigenvalue weighted by atomic mass is 79.9.